The number of rotatable bonds is 3. The molecule has 0 aliphatic heterocycles. The summed E-state index contributed by atoms with van der Waals surface area (Å²) < 4.78 is 10.1. The molecule has 0 spiro atoms. The van der Waals surface area contributed by atoms with Crippen molar-refractivity contribution in [3.05, 3.63) is 42.4 Å². The van der Waals surface area contributed by atoms with Crippen LogP contribution in [0.5, 0.6) is 11.5 Å². The van der Waals surface area contributed by atoms with Gasteiger partial charge in [0.2, 0.25) is 0 Å². The van der Waals surface area contributed by atoms with Crippen LogP contribution in [0.1, 0.15) is 10.5 Å². The summed E-state index contributed by atoms with van der Waals surface area (Å²) in [5.74, 6) is 0.616. The summed E-state index contributed by atoms with van der Waals surface area (Å²) in [4.78, 5) is 19.3. The number of benzene rings is 1. The molecule has 0 amide bonds. The second-order valence-corrected chi connectivity index (χ2v) is 3.40. The van der Waals surface area contributed by atoms with Crippen LogP contribution in [0.25, 0.3) is 0 Å². The first-order valence-corrected chi connectivity index (χ1v) is 5.13. The highest BCUT2D eigenvalue weighted by atomic mass is 16.5. The fraction of sp³-hybridized carbons (Fsp3) is 0.0833. The van der Waals surface area contributed by atoms with E-state index < -0.39 is 5.97 Å². The Morgan fingerprint density at radius 3 is 2.67 bits per heavy atom. The lowest BCUT2D eigenvalue weighted by Crippen LogP contribution is -2.11. The van der Waals surface area contributed by atoms with Gasteiger partial charge in [0.05, 0.1) is 19.5 Å². The van der Waals surface area contributed by atoms with E-state index in [1.54, 1.807) is 24.3 Å². The van der Waals surface area contributed by atoms with E-state index >= 15 is 0 Å². The van der Waals surface area contributed by atoms with Crippen LogP contribution in [0.15, 0.2) is 36.7 Å². The van der Waals surface area contributed by atoms with E-state index in [9.17, 15) is 4.79 Å². The Hall–Kier alpha value is -2.63. The highest BCUT2D eigenvalue weighted by Crippen LogP contribution is 2.19. The van der Waals surface area contributed by atoms with Crippen molar-refractivity contribution in [1.29, 1.82) is 0 Å². The molecule has 18 heavy (non-hydrogen) atoms. The minimum Gasteiger partial charge on any atom is -0.497 e. The predicted octanol–water partition coefficient (Wildman–Crippen LogP) is 1.29. The molecule has 0 unspecified atom stereocenters. The summed E-state index contributed by atoms with van der Waals surface area (Å²) in [6.07, 6.45) is 2.56. The quantitative estimate of drug-likeness (QED) is 0.647. The minimum absolute atomic E-state index is 0.0898. The topological polar surface area (TPSA) is 87.3 Å². The van der Waals surface area contributed by atoms with Crippen molar-refractivity contribution >= 4 is 11.8 Å². The van der Waals surface area contributed by atoms with Crippen molar-refractivity contribution in [2.75, 3.05) is 12.8 Å². The largest absolute Gasteiger partial charge is 0.497 e. The molecular formula is C12H11N3O3. The number of nitrogens with two attached hydrogens (primary N) is 1. The van der Waals surface area contributed by atoms with Crippen LogP contribution in [0, 0.1) is 0 Å². The van der Waals surface area contributed by atoms with Gasteiger partial charge in [0.25, 0.3) is 0 Å². The second kappa shape index (κ2) is 5.13. The third-order valence-corrected chi connectivity index (χ3v) is 2.13. The molecule has 0 bridgehead atoms. The molecule has 1 aromatic heterocycles. The normalized spacial score (nSPS) is 9.83. The van der Waals surface area contributed by atoms with Crippen LogP contribution in [0.4, 0.5) is 5.82 Å². The summed E-state index contributed by atoms with van der Waals surface area (Å²) in [6.45, 7) is 0. The number of hydrogen-bond acceptors (Lipinski definition) is 6. The lowest BCUT2D eigenvalue weighted by atomic mass is 10.3. The molecule has 1 heterocycles. The van der Waals surface area contributed by atoms with E-state index in [0.717, 1.165) is 0 Å². The highest BCUT2D eigenvalue weighted by molar-refractivity contribution is 5.88. The van der Waals surface area contributed by atoms with Gasteiger partial charge in [-0.3, -0.25) is 0 Å². The third-order valence-electron chi connectivity index (χ3n) is 2.13. The van der Waals surface area contributed by atoms with Gasteiger partial charge in [-0.15, -0.1) is 0 Å². The van der Waals surface area contributed by atoms with E-state index in [2.05, 4.69) is 9.97 Å². The first kappa shape index (κ1) is 11.8. The maximum Gasteiger partial charge on any atom is 0.363 e. The van der Waals surface area contributed by atoms with Crippen LogP contribution < -0.4 is 15.2 Å². The van der Waals surface area contributed by atoms with E-state index in [1.165, 1.54) is 19.5 Å². The summed E-state index contributed by atoms with van der Waals surface area (Å²) in [5.41, 5.74) is 5.46. The van der Waals surface area contributed by atoms with Crippen LogP contribution in [-0.2, 0) is 0 Å². The van der Waals surface area contributed by atoms with Gasteiger partial charge in [0.1, 0.15) is 17.3 Å². The zero-order valence-corrected chi connectivity index (χ0v) is 9.66. The summed E-state index contributed by atoms with van der Waals surface area (Å²) >= 11 is 0. The molecule has 0 aliphatic rings. The van der Waals surface area contributed by atoms with Crippen molar-refractivity contribution in [1.82, 2.24) is 9.97 Å². The fourth-order valence-electron chi connectivity index (χ4n) is 1.27. The van der Waals surface area contributed by atoms with Crippen LogP contribution >= 0.6 is 0 Å². The molecule has 1 aromatic carbocycles. The molecule has 92 valence electrons. The monoisotopic (exact) mass is 245 g/mol. The number of carbonyl (C=O) groups excluding carboxylic acids is 1. The smallest absolute Gasteiger partial charge is 0.363 e. The van der Waals surface area contributed by atoms with Gasteiger partial charge in [-0.2, -0.15) is 0 Å². The van der Waals surface area contributed by atoms with Crippen molar-refractivity contribution in [2.45, 2.75) is 0 Å². The molecular weight excluding hydrogens is 234 g/mol. The highest BCUT2D eigenvalue weighted by Gasteiger charge is 2.10. The maximum absolute atomic E-state index is 11.7. The van der Waals surface area contributed by atoms with Crippen LogP contribution in [-0.4, -0.2) is 23.0 Å². The fourth-order valence-corrected chi connectivity index (χ4v) is 1.27. The Bertz CT molecular complexity index is 555. The minimum atomic E-state index is -0.601. The predicted molar refractivity (Wildman–Crippen MR) is 64.4 cm³/mol. The van der Waals surface area contributed by atoms with Gasteiger partial charge in [0.15, 0.2) is 5.69 Å². The Morgan fingerprint density at radius 2 is 2.00 bits per heavy atom. The van der Waals surface area contributed by atoms with Crippen molar-refractivity contribution < 1.29 is 14.3 Å². The first-order chi connectivity index (χ1) is 8.69. The number of ether oxygens (including phenoxy) is 2. The standard InChI is InChI=1S/C12H11N3O3/c1-17-8-3-2-4-9(5-8)18-12(16)10-6-15-11(13)7-14-10/h2-7H,1H3,(H2,13,15). The van der Waals surface area contributed by atoms with Gasteiger partial charge in [-0.05, 0) is 12.1 Å². The molecule has 2 N–H and O–H groups in total. The van der Waals surface area contributed by atoms with E-state index in [4.69, 9.17) is 15.2 Å². The zero-order valence-electron chi connectivity index (χ0n) is 9.66. The number of hydrogen-bond donors (Lipinski definition) is 1. The number of aromatic nitrogens is 2. The molecule has 2 rings (SSSR count). The van der Waals surface area contributed by atoms with Crippen molar-refractivity contribution in [3.8, 4) is 11.5 Å². The Kier molecular flexibility index (Phi) is 3.38. The van der Waals surface area contributed by atoms with E-state index in [1.807, 2.05) is 0 Å². The SMILES string of the molecule is COc1cccc(OC(=O)c2cnc(N)cn2)c1. The average molecular weight is 245 g/mol. The maximum atomic E-state index is 11.7. The molecule has 0 fully saturated rings. The molecule has 2 aromatic rings. The number of carbonyl (C=O) groups is 1. The molecule has 6 heteroatoms. The van der Waals surface area contributed by atoms with Gasteiger partial charge in [-0.25, -0.2) is 14.8 Å². The third kappa shape index (κ3) is 2.73. The summed E-state index contributed by atoms with van der Waals surface area (Å²) in [6, 6.07) is 6.71. The Balaban J connectivity index is 2.13. The number of anilines is 1. The average Bonchev–Trinajstić information content (AvgIpc) is 2.39. The van der Waals surface area contributed by atoms with Gasteiger partial charge < -0.3 is 15.2 Å². The van der Waals surface area contributed by atoms with Crippen molar-refractivity contribution in [2.24, 2.45) is 0 Å². The molecule has 0 saturated carbocycles. The number of nitrogen functional groups attached to an aromatic ring is 1. The summed E-state index contributed by atoms with van der Waals surface area (Å²) in [7, 11) is 1.53. The van der Waals surface area contributed by atoms with Gasteiger partial charge in [0, 0.05) is 6.07 Å². The van der Waals surface area contributed by atoms with Crippen molar-refractivity contribution in [3.63, 3.8) is 0 Å². The lowest BCUT2D eigenvalue weighted by molar-refractivity contribution is 0.0728. The zero-order chi connectivity index (χ0) is 13.0. The molecule has 0 radical (unpaired) electrons. The molecule has 6 nitrogen and oxygen atoms in total. The van der Waals surface area contributed by atoms with E-state index in [-0.39, 0.29) is 11.5 Å². The van der Waals surface area contributed by atoms with Gasteiger partial charge in [-0.1, -0.05) is 6.07 Å². The molecule has 0 atom stereocenters. The van der Waals surface area contributed by atoms with Crippen LogP contribution in [0.3, 0.4) is 0 Å². The second-order valence-electron chi connectivity index (χ2n) is 3.40. The lowest BCUT2D eigenvalue weighted by Gasteiger charge is -2.05. The summed E-state index contributed by atoms with van der Waals surface area (Å²) in [5, 5.41) is 0. The number of esters is 1. The Morgan fingerprint density at radius 1 is 1.22 bits per heavy atom. The molecule has 0 saturated heterocycles. The molecule has 0 aliphatic carbocycles. The first-order valence-electron chi connectivity index (χ1n) is 5.13. The van der Waals surface area contributed by atoms with E-state index in [0.29, 0.717) is 11.5 Å². The van der Waals surface area contributed by atoms with Gasteiger partial charge >= 0.3 is 5.97 Å². The number of methoxy groups -OCH3 is 1. The number of nitrogens with zero attached hydrogens (tertiary/aromatic N) is 2. The Labute approximate surface area is 103 Å². The van der Waals surface area contributed by atoms with Crippen LogP contribution in [0.2, 0.25) is 0 Å².